The van der Waals surface area contributed by atoms with Gasteiger partial charge in [0, 0.05) is 12.6 Å². The van der Waals surface area contributed by atoms with Crippen LogP contribution >= 0.6 is 11.3 Å². The zero-order valence-corrected chi connectivity index (χ0v) is 14.9. The molecule has 2 aromatic heterocycles. The Kier molecular flexibility index (Phi) is 5.14. The highest BCUT2D eigenvalue weighted by atomic mass is 32.1. The Morgan fingerprint density at radius 2 is 2.00 bits per heavy atom. The van der Waals surface area contributed by atoms with Crippen molar-refractivity contribution in [2.75, 3.05) is 0 Å². The van der Waals surface area contributed by atoms with Crippen molar-refractivity contribution in [3.05, 3.63) is 64.0 Å². The molecule has 25 heavy (non-hydrogen) atoms. The SMILES string of the molecule is CC(C)N(Cc1ccccc1)C(=O)Cn1c(-c2cccs2)noc1=O. The standard InChI is InChI=1S/C18H19N3O3S/c1-13(2)20(11-14-7-4-3-5-8-14)16(22)12-21-17(19-24-18(21)23)15-9-6-10-25-15/h3-10,13H,11-12H2,1-2H3. The Bertz CT molecular complexity index is 882. The number of hydrogen-bond acceptors (Lipinski definition) is 5. The van der Waals surface area contributed by atoms with E-state index in [0.717, 1.165) is 10.4 Å². The molecule has 130 valence electrons. The molecule has 0 aliphatic heterocycles. The fourth-order valence-corrected chi connectivity index (χ4v) is 3.27. The molecule has 1 amide bonds. The van der Waals surface area contributed by atoms with Gasteiger partial charge < -0.3 is 4.90 Å². The highest BCUT2D eigenvalue weighted by Gasteiger charge is 2.22. The highest BCUT2D eigenvalue weighted by molar-refractivity contribution is 7.13. The van der Waals surface area contributed by atoms with Gasteiger partial charge in [-0.3, -0.25) is 9.32 Å². The lowest BCUT2D eigenvalue weighted by Gasteiger charge is -2.27. The topological polar surface area (TPSA) is 68.3 Å². The van der Waals surface area contributed by atoms with Gasteiger partial charge in [-0.25, -0.2) is 9.36 Å². The molecular weight excluding hydrogens is 338 g/mol. The van der Waals surface area contributed by atoms with Crippen molar-refractivity contribution in [2.45, 2.75) is 33.0 Å². The first-order chi connectivity index (χ1) is 12.1. The Hall–Kier alpha value is -2.67. The van der Waals surface area contributed by atoms with Crippen molar-refractivity contribution in [1.82, 2.24) is 14.6 Å². The van der Waals surface area contributed by atoms with Crippen LogP contribution in [0.1, 0.15) is 19.4 Å². The summed E-state index contributed by atoms with van der Waals surface area (Å²) in [6.45, 7) is 4.31. The second-order valence-electron chi connectivity index (χ2n) is 5.94. The first-order valence-corrected chi connectivity index (χ1v) is 8.88. The molecule has 0 aliphatic carbocycles. The monoisotopic (exact) mass is 357 g/mol. The summed E-state index contributed by atoms with van der Waals surface area (Å²) < 4.78 is 6.06. The fourth-order valence-electron chi connectivity index (χ4n) is 2.56. The average Bonchev–Trinajstić information content (AvgIpc) is 3.24. The van der Waals surface area contributed by atoms with E-state index >= 15 is 0 Å². The summed E-state index contributed by atoms with van der Waals surface area (Å²) in [5.41, 5.74) is 1.04. The average molecular weight is 357 g/mol. The third-order valence-electron chi connectivity index (χ3n) is 3.86. The summed E-state index contributed by atoms with van der Waals surface area (Å²) in [4.78, 5) is 27.4. The van der Waals surface area contributed by atoms with Crippen LogP contribution in [0.2, 0.25) is 0 Å². The van der Waals surface area contributed by atoms with Crippen LogP contribution in [0, 0.1) is 0 Å². The molecule has 3 aromatic rings. The van der Waals surface area contributed by atoms with E-state index in [-0.39, 0.29) is 18.5 Å². The summed E-state index contributed by atoms with van der Waals surface area (Å²) in [5.74, 6) is -0.390. The van der Waals surface area contributed by atoms with Crippen molar-refractivity contribution >= 4 is 17.2 Å². The van der Waals surface area contributed by atoms with Crippen LogP contribution in [0.4, 0.5) is 0 Å². The van der Waals surface area contributed by atoms with Gasteiger partial charge in [-0.1, -0.05) is 41.6 Å². The molecule has 0 unspecified atom stereocenters. The number of aromatic nitrogens is 2. The Morgan fingerprint density at radius 1 is 1.24 bits per heavy atom. The van der Waals surface area contributed by atoms with Gasteiger partial charge in [-0.2, -0.15) is 0 Å². The minimum absolute atomic E-state index is 0.00783. The van der Waals surface area contributed by atoms with Crippen molar-refractivity contribution in [2.24, 2.45) is 0 Å². The van der Waals surface area contributed by atoms with Gasteiger partial charge in [0.15, 0.2) is 5.82 Å². The van der Waals surface area contributed by atoms with E-state index < -0.39 is 5.76 Å². The maximum absolute atomic E-state index is 12.8. The zero-order valence-electron chi connectivity index (χ0n) is 14.1. The predicted molar refractivity (Wildman–Crippen MR) is 96.2 cm³/mol. The van der Waals surface area contributed by atoms with Gasteiger partial charge in [-0.15, -0.1) is 11.3 Å². The van der Waals surface area contributed by atoms with E-state index in [1.807, 2.05) is 61.7 Å². The zero-order chi connectivity index (χ0) is 17.8. The number of nitrogens with zero attached hydrogens (tertiary/aromatic N) is 3. The smallest absolute Gasteiger partial charge is 0.334 e. The van der Waals surface area contributed by atoms with E-state index in [1.54, 1.807) is 4.90 Å². The van der Waals surface area contributed by atoms with Gasteiger partial charge in [0.1, 0.15) is 6.54 Å². The molecule has 0 fully saturated rings. The first-order valence-electron chi connectivity index (χ1n) is 8.00. The maximum Gasteiger partial charge on any atom is 0.442 e. The first kappa shape index (κ1) is 17.2. The van der Waals surface area contributed by atoms with Gasteiger partial charge in [0.05, 0.1) is 4.88 Å². The number of rotatable bonds is 6. The lowest BCUT2D eigenvalue weighted by atomic mass is 10.2. The van der Waals surface area contributed by atoms with E-state index in [4.69, 9.17) is 4.52 Å². The molecule has 0 saturated heterocycles. The van der Waals surface area contributed by atoms with E-state index in [0.29, 0.717) is 12.4 Å². The van der Waals surface area contributed by atoms with Crippen LogP contribution in [0.15, 0.2) is 57.2 Å². The normalized spacial score (nSPS) is 11.0. The predicted octanol–water partition coefficient (Wildman–Crippen LogP) is 3.00. The number of carbonyl (C=O) groups is 1. The lowest BCUT2D eigenvalue weighted by Crippen LogP contribution is -2.39. The molecule has 0 atom stereocenters. The Labute approximate surface area is 149 Å². The van der Waals surface area contributed by atoms with E-state index in [1.165, 1.54) is 15.9 Å². The summed E-state index contributed by atoms with van der Waals surface area (Å²) in [6, 6.07) is 13.5. The minimum atomic E-state index is -0.625. The van der Waals surface area contributed by atoms with E-state index in [9.17, 15) is 9.59 Å². The molecule has 2 heterocycles. The van der Waals surface area contributed by atoms with Crippen molar-refractivity contribution in [3.63, 3.8) is 0 Å². The minimum Gasteiger partial charge on any atom is -0.334 e. The summed E-state index contributed by atoms with van der Waals surface area (Å²) >= 11 is 1.44. The lowest BCUT2D eigenvalue weighted by molar-refractivity contribution is -0.134. The van der Waals surface area contributed by atoms with Crippen LogP contribution in [0.5, 0.6) is 0 Å². The van der Waals surface area contributed by atoms with Gasteiger partial charge in [0.25, 0.3) is 0 Å². The summed E-state index contributed by atoms with van der Waals surface area (Å²) in [6.07, 6.45) is 0. The third kappa shape index (κ3) is 3.88. The number of thiophene rings is 1. The second-order valence-corrected chi connectivity index (χ2v) is 6.88. The van der Waals surface area contributed by atoms with E-state index in [2.05, 4.69) is 5.16 Å². The van der Waals surface area contributed by atoms with Gasteiger partial charge >= 0.3 is 5.76 Å². The Morgan fingerprint density at radius 3 is 2.64 bits per heavy atom. The van der Waals surface area contributed by atoms with Crippen LogP contribution in [0.3, 0.4) is 0 Å². The van der Waals surface area contributed by atoms with Crippen molar-refractivity contribution < 1.29 is 9.32 Å². The molecule has 0 saturated carbocycles. The molecule has 0 bridgehead atoms. The molecule has 0 radical (unpaired) electrons. The van der Waals surface area contributed by atoms with Gasteiger partial charge in [0.2, 0.25) is 5.91 Å². The molecule has 7 heteroatoms. The molecular formula is C18H19N3O3S. The second kappa shape index (κ2) is 7.48. The summed E-state index contributed by atoms with van der Waals surface area (Å²) in [7, 11) is 0. The van der Waals surface area contributed by atoms with Crippen LogP contribution < -0.4 is 5.76 Å². The molecule has 0 aliphatic rings. The number of hydrogen-bond donors (Lipinski definition) is 0. The van der Waals surface area contributed by atoms with Crippen LogP contribution in [-0.4, -0.2) is 26.6 Å². The highest BCUT2D eigenvalue weighted by Crippen LogP contribution is 2.22. The maximum atomic E-state index is 12.8. The van der Waals surface area contributed by atoms with Crippen molar-refractivity contribution in [3.8, 4) is 10.7 Å². The Balaban J connectivity index is 1.83. The van der Waals surface area contributed by atoms with Crippen molar-refractivity contribution in [1.29, 1.82) is 0 Å². The third-order valence-corrected chi connectivity index (χ3v) is 4.73. The quantitative estimate of drug-likeness (QED) is 0.680. The molecule has 6 nitrogen and oxygen atoms in total. The van der Waals surface area contributed by atoms with Gasteiger partial charge in [-0.05, 0) is 30.9 Å². The molecule has 3 rings (SSSR count). The van der Waals surface area contributed by atoms with Crippen LogP contribution in [-0.2, 0) is 17.9 Å². The largest absolute Gasteiger partial charge is 0.442 e. The fraction of sp³-hybridized carbons (Fsp3) is 0.278. The molecule has 1 aromatic carbocycles. The number of amides is 1. The molecule has 0 N–H and O–H groups in total. The molecule has 0 spiro atoms. The number of carbonyl (C=O) groups excluding carboxylic acids is 1. The van der Waals surface area contributed by atoms with Crippen LogP contribution in [0.25, 0.3) is 10.7 Å². The number of benzene rings is 1. The summed E-state index contributed by atoms with van der Waals surface area (Å²) in [5, 5.41) is 5.70.